The first kappa shape index (κ1) is 20.8. The smallest absolute Gasteiger partial charge is 0.354 e. The van der Waals surface area contributed by atoms with E-state index >= 15 is 0 Å². The number of carbonyl (C=O) groups is 2. The highest BCUT2D eigenvalue weighted by Gasteiger charge is 2.65. The quantitative estimate of drug-likeness (QED) is 0.516. The highest BCUT2D eigenvalue weighted by atomic mass is 32.2. The van der Waals surface area contributed by atoms with E-state index in [4.69, 9.17) is 4.43 Å². The number of carbonyl (C=O) groups excluding carboxylic acids is 1. The third-order valence-electron chi connectivity index (χ3n) is 4.78. The minimum atomic E-state index is -1.43. The van der Waals surface area contributed by atoms with Crippen LogP contribution in [0.5, 0.6) is 0 Å². The second-order valence-electron chi connectivity index (χ2n) is 7.70. The van der Waals surface area contributed by atoms with Crippen LogP contribution in [0, 0.1) is 11.3 Å². The number of carboxylic acid groups (broad SMARTS) is 1. The summed E-state index contributed by atoms with van der Waals surface area (Å²) < 4.78 is 19.4. The van der Waals surface area contributed by atoms with E-state index in [9.17, 15) is 19.1 Å². The van der Waals surface area contributed by atoms with Crippen LogP contribution in [0.2, 0.25) is 13.1 Å². The maximum atomic E-state index is 12.9. The fourth-order valence-electron chi connectivity index (χ4n) is 3.22. The molecule has 9 heteroatoms. The van der Waals surface area contributed by atoms with Gasteiger partial charge in [-0.1, -0.05) is 32.5 Å². The molecular formula is C16H26FNO4S2Si. The van der Waals surface area contributed by atoms with Crippen molar-refractivity contribution in [2.45, 2.75) is 51.8 Å². The number of fused-ring (bicyclic) bond motifs is 1. The predicted molar refractivity (Wildman–Crippen MR) is 103 cm³/mol. The number of hydrogen-bond acceptors (Lipinski definition) is 5. The van der Waals surface area contributed by atoms with Crippen molar-refractivity contribution in [3.05, 3.63) is 9.93 Å². The van der Waals surface area contributed by atoms with Crippen LogP contribution < -0.4 is 0 Å². The van der Waals surface area contributed by atoms with Crippen LogP contribution in [0.15, 0.2) is 9.93 Å². The maximum absolute atomic E-state index is 12.9. The van der Waals surface area contributed by atoms with Crippen LogP contribution in [0.25, 0.3) is 0 Å². The first-order valence-corrected chi connectivity index (χ1v) is 12.9. The number of halogens is 1. The Labute approximate surface area is 158 Å². The minimum Gasteiger partial charge on any atom is -0.477 e. The zero-order chi connectivity index (χ0) is 19.2. The number of amides is 1. The van der Waals surface area contributed by atoms with Crippen LogP contribution in [-0.2, 0) is 14.0 Å². The Morgan fingerprint density at radius 1 is 1.40 bits per heavy atom. The van der Waals surface area contributed by atoms with Gasteiger partial charge in [-0.05, 0) is 25.4 Å². The number of nitrogens with zero attached hydrogens (tertiary/aromatic N) is 1. The van der Waals surface area contributed by atoms with Crippen LogP contribution >= 0.6 is 23.5 Å². The van der Waals surface area contributed by atoms with Gasteiger partial charge in [-0.25, -0.2) is 4.79 Å². The number of thioether (sulfide) groups is 2. The molecule has 2 heterocycles. The van der Waals surface area contributed by atoms with Crippen molar-refractivity contribution in [3.8, 4) is 0 Å². The molecule has 3 atom stereocenters. The monoisotopic (exact) mass is 407 g/mol. The van der Waals surface area contributed by atoms with Gasteiger partial charge in [0.15, 0.2) is 14.7 Å². The number of carboxylic acids is 1. The molecule has 1 amide bonds. The van der Waals surface area contributed by atoms with Crippen LogP contribution in [0.4, 0.5) is 4.39 Å². The molecule has 0 spiro atoms. The Balaban J connectivity index is 2.35. The summed E-state index contributed by atoms with van der Waals surface area (Å²) >= 11 is 2.52. The number of alkyl halides is 1. The Kier molecular flexibility index (Phi) is 6.03. The van der Waals surface area contributed by atoms with Crippen molar-refractivity contribution in [2.24, 2.45) is 11.3 Å². The number of aliphatic carboxylic acids is 1. The lowest BCUT2D eigenvalue weighted by Gasteiger charge is -2.56. The summed E-state index contributed by atoms with van der Waals surface area (Å²) in [6.07, 6.45) is 0. The zero-order valence-corrected chi connectivity index (χ0v) is 18.2. The molecule has 0 aromatic carbocycles. The second kappa shape index (κ2) is 7.25. The van der Waals surface area contributed by atoms with Crippen LogP contribution in [0.3, 0.4) is 0 Å². The average Bonchev–Trinajstić information content (AvgIpc) is 2.77. The number of β-lactam (4-membered cyclic amide) rings is 1. The fourth-order valence-corrected chi connectivity index (χ4v) is 7.45. The molecule has 1 fully saturated rings. The van der Waals surface area contributed by atoms with Crippen molar-refractivity contribution in [2.75, 3.05) is 12.4 Å². The zero-order valence-electron chi connectivity index (χ0n) is 15.5. The van der Waals surface area contributed by atoms with Gasteiger partial charge >= 0.3 is 5.97 Å². The minimum absolute atomic E-state index is 0.00671. The summed E-state index contributed by atoms with van der Waals surface area (Å²) in [6.45, 7) is 11.7. The van der Waals surface area contributed by atoms with Gasteiger partial charge in [0.05, 0.1) is 22.4 Å². The Morgan fingerprint density at radius 3 is 2.44 bits per heavy atom. The van der Waals surface area contributed by atoms with E-state index < -0.39 is 33.2 Å². The lowest BCUT2D eigenvalue weighted by Crippen LogP contribution is -2.69. The van der Waals surface area contributed by atoms with Gasteiger partial charge in [0.25, 0.3) is 0 Å². The van der Waals surface area contributed by atoms with E-state index in [1.54, 1.807) is 0 Å². The molecule has 25 heavy (non-hydrogen) atoms. The molecule has 142 valence electrons. The van der Waals surface area contributed by atoms with Crippen molar-refractivity contribution in [3.63, 3.8) is 0 Å². The molecule has 0 bridgehead atoms. The van der Waals surface area contributed by atoms with Gasteiger partial charge in [0.1, 0.15) is 5.37 Å². The van der Waals surface area contributed by atoms with E-state index in [1.165, 1.54) is 16.7 Å². The largest absolute Gasteiger partial charge is 0.477 e. The molecule has 0 aromatic heterocycles. The molecule has 0 aliphatic carbocycles. The summed E-state index contributed by atoms with van der Waals surface area (Å²) in [5, 5.41) is 9.23. The predicted octanol–water partition coefficient (Wildman–Crippen LogP) is 3.28. The van der Waals surface area contributed by atoms with Gasteiger partial charge in [-0.15, -0.1) is 11.8 Å². The van der Waals surface area contributed by atoms with E-state index in [0.29, 0.717) is 4.24 Å². The van der Waals surface area contributed by atoms with E-state index in [1.807, 2.05) is 27.7 Å². The first-order valence-electron chi connectivity index (χ1n) is 8.29. The van der Waals surface area contributed by atoms with Gasteiger partial charge in [0.2, 0.25) is 5.91 Å². The van der Waals surface area contributed by atoms with Gasteiger partial charge in [0, 0.05) is 5.75 Å². The lowest BCUT2D eigenvalue weighted by atomic mass is 9.66. The average molecular weight is 408 g/mol. The molecule has 0 radical (unpaired) electrons. The third-order valence-corrected chi connectivity index (χ3v) is 8.33. The van der Waals surface area contributed by atoms with Gasteiger partial charge < -0.3 is 9.53 Å². The van der Waals surface area contributed by atoms with Crippen molar-refractivity contribution in [1.82, 2.24) is 4.90 Å². The fraction of sp³-hybridized carbons (Fsp3) is 0.750. The molecule has 2 rings (SSSR count). The van der Waals surface area contributed by atoms with E-state index in [0.717, 1.165) is 11.8 Å². The molecule has 5 nitrogen and oxygen atoms in total. The highest BCUT2D eigenvalue weighted by molar-refractivity contribution is 8.22. The van der Waals surface area contributed by atoms with E-state index in [-0.39, 0.29) is 28.1 Å². The van der Waals surface area contributed by atoms with Crippen LogP contribution in [0.1, 0.15) is 27.7 Å². The van der Waals surface area contributed by atoms with Gasteiger partial charge in [-0.3, -0.25) is 14.1 Å². The summed E-state index contributed by atoms with van der Waals surface area (Å²) in [5.41, 5.74) is -0.967. The van der Waals surface area contributed by atoms with Crippen LogP contribution in [-0.4, -0.2) is 54.3 Å². The molecule has 0 unspecified atom stereocenters. The second-order valence-corrected chi connectivity index (χ2v) is 12.5. The van der Waals surface area contributed by atoms with Crippen molar-refractivity contribution in [1.29, 1.82) is 0 Å². The topological polar surface area (TPSA) is 66.8 Å². The summed E-state index contributed by atoms with van der Waals surface area (Å²) in [6, 6.07) is 0. The summed E-state index contributed by atoms with van der Waals surface area (Å²) in [4.78, 5) is 25.9. The van der Waals surface area contributed by atoms with Crippen molar-refractivity contribution < 1.29 is 23.5 Å². The standard InChI is InChI=1S/C16H26FNO4S2Si/c1-15(2,3)16(4,22-25(5)6)9-11(19)18-10(13(20)21)14(23-8-7-17)24-12(9)18/h9,12,25H,7-8H2,1-6H3,(H,20,21)/t9-,12-,16+/m1/s1. The Morgan fingerprint density at radius 2 is 2.00 bits per heavy atom. The molecule has 0 saturated carbocycles. The SMILES string of the molecule is C[SiH](C)O[C@@](C)([C@@H]1C(=O)N2C(C(=O)O)=C(SCCF)S[C@H]12)C(C)(C)C. The summed E-state index contributed by atoms with van der Waals surface area (Å²) in [5.74, 6) is -1.58. The lowest BCUT2D eigenvalue weighted by molar-refractivity contribution is -0.173. The highest BCUT2D eigenvalue weighted by Crippen LogP contribution is 2.58. The first-order chi connectivity index (χ1) is 11.5. The number of hydrogen-bond donors (Lipinski definition) is 1. The maximum Gasteiger partial charge on any atom is 0.354 e. The number of rotatable bonds is 7. The Bertz CT molecular complexity index is 607. The van der Waals surface area contributed by atoms with Crippen molar-refractivity contribution >= 4 is 44.4 Å². The molecule has 1 N–H and O–H groups in total. The van der Waals surface area contributed by atoms with Gasteiger partial charge in [-0.2, -0.15) is 0 Å². The summed E-state index contributed by atoms with van der Waals surface area (Å²) in [7, 11) is -1.43. The molecular weight excluding hydrogens is 381 g/mol. The van der Waals surface area contributed by atoms with E-state index in [2.05, 4.69) is 13.1 Å². The molecule has 0 aromatic rings. The Hall–Kier alpha value is -0.513. The molecule has 1 saturated heterocycles. The third kappa shape index (κ3) is 3.52. The normalized spacial score (nSPS) is 25.9. The molecule has 2 aliphatic heterocycles. The molecule has 2 aliphatic rings.